The van der Waals surface area contributed by atoms with E-state index in [1.807, 2.05) is 0 Å². The minimum atomic E-state index is -1.57. The smallest absolute Gasteiger partial charge is 0.359 e. The maximum atomic E-state index is 12.7. The van der Waals surface area contributed by atoms with E-state index in [-0.39, 0.29) is 12.8 Å². The molecule has 0 amide bonds. The van der Waals surface area contributed by atoms with E-state index in [1.165, 1.54) is 24.3 Å². The van der Waals surface area contributed by atoms with E-state index in [1.54, 1.807) is 0 Å². The second-order valence-corrected chi connectivity index (χ2v) is 4.92. The first kappa shape index (κ1) is 11.9. The summed E-state index contributed by atoms with van der Waals surface area (Å²) in [5, 5.41) is 9.13. The normalized spacial score (nSPS) is 23.5. The third-order valence-corrected chi connectivity index (χ3v) is 3.66. The van der Waals surface area contributed by atoms with E-state index in [0.717, 1.165) is 11.8 Å². The lowest BCUT2D eigenvalue weighted by atomic mass is 10.2. The Morgan fingerprint density at radius 1 is 1.41 bits per heavy atom. The summed E-state index contributed by atoms with van der Waals surface area (Å²) in [4.78, 5) is 21.2. The second-order valence-electron chi connectivity index (χ2n) is 3.59. The van der Waals surface area contributed by atoms with Gasteiger partial charge < -0.3 is 9.84 Å². The molecule has 2 rings (SSSR count). The van der Waals surface area contributed by atoms with Gasteiger partial charge in [0.25, 0.3) is 4.93 Å². The van der Waals surface area contributed by atoms with E-state index in [0.29, 0.717) is 4.90 Å². The molecule has 1 aliphatic heterocycles. The summed E-state index contributed by atoms with van der Waals surface area (Å²) in [7, 11) is 0. The number of hydrogen-bond donors (Lipinski definition) is 1. The molecule has 0 radical (unpaired) electrons. The van der Waals surface area contributed by atoms with Crippen LogP contribution in [0.3, 0.4) is 0 Å². The molecule has 4 nitrogen and oxygen atoms in total. The Morgan fingerprint density at radius 3 is 2.53 bits per heavy atom. The van der Waals surface area contributed by atoms with Gasteiger partial charge in [-0.15, -0.1) is 0 Å². The Hall–Kier alpha value is -1.56. The minimum absolute atomic E-state index is 0.0838. The van der Waals surface area contributed by atoms with Crippen LogP contribution in [0.15, 0.2) is 29.2 Å². The van der Waals surface area contributed by atoms with Gasteiger partial charge in [-0.3, -0.25) is 4.79 Å². The van der Waals surface area contributed by atoms with Crippen molar-refractivity contribution < 1.29 is 23.8 Å². The number of halogens is 1. The Labute approximate surface area is 101 Å². The highest BCUT2D eigenvalue weighted by molar-refractivity contribution is 8.01. The van der Waals surface area contributed by atoms with Gasteiger partial charge in [-0.2, -0.15) is 0 Å². The van der Waals surface area contributed by atoms with E-state index < -0.39 is 22.7 Å². The van der Waals surface area contributed by atoms with Crippen molar-refractivity contribution in [3.63, 3.8) is 0 Å². The monoisotopic (exact) mass is 256 g/mol. The lowest BCUT2D eigenvalue weighted by Gasteiger charge is -2.21. The number of benzene rings is 1. The number of thioether (sulfide) groups is 1. The summed E-state index contributed by atoms with van der Waals surface area (Å²) in [6.07, 6.45) is 0.198. The number of hydrogen-bond acceptors (Lipinski definition) is 4. The molecule has 0 bridgehead atoms. The molecule has 17 heavy (non-hydrogen) atoms. The van der Waals surface area contributed by atoms with Gasteiger partial charge in [-0.05, 0) is 24.3 Å². The van der Waals surface area contributed by atoms with Crippen LogP contribution in [0.25, 0.3) is 0 Å². The van der Waals surface area contributed by atoms with Crippen molar-refractivity contribution in [3.8, 4) is 0 Å². The first-order valence-corrected chi connectivity index (χ1v) is 5.73. The molecule has 6 heteroatoms. The molecular weight excluding hydrogens is 247 g/mol. The fourth-order valence-electron chi connectivity index (χ4n) is 1.51. The van der Waals surface area contributed by atoms with Gasteiger partial charge in [0.2, 0.25) is 0 Å². The fraction of sp³-hybridized carbons (Fsp3) is 0.273. The highest BCUT2D eigenvalue weighted by Gasteiger charge is 2.48. The number of carboxylic acids is 1. The van der Waals surface area contributed by atoms with Crippen LogP contribution in [0.2, 0.25) is 0 Å². The first-order valence-electron chi connectivity index (χ1n) is 4.92. The zero-order valence-corrected chi connectivity index (χ0v) is 9.50. The number of aliphatic carboxylic acids is 1. The summed E-state index contributed by atoms with van der Waals surface area (Å²) in [6.45, 7) is 0. The fourth-order valence-corrected chi connectivity index (χ4v) is 2.59. The summed E-state index contributed by atoms with van der Waals surface area (Å²) in [5.74, 6) is -2.12. The van der Waals surface area contributed by atoms with Gasteiger partial charge in [-0.25, -0.2) is 9.18 Å². The van der Waals surface area contributed by atoms with Crippen molar-refractivity contribution in [1.29, 1.82) is 0 Å². The molecule has 0 saturated carbocycles. The topological polar surface area (TPSA) is 63.6 Å². The number of carbonyl (C=O) groups is 2. The average Bonchev–Trinajstić information content (AvgIpc) is 2.65. The van der Waals surface area contributed by atoms with Crippen molar-refractivity contribution in [1.82, 2.24) is 0 Å². The van der Waals surface area contributed by atoms with Crippen LogP contribution in [0, 0.1) is 5.82 Å². The van der Waals surface area contributed by atoms with Crippen LogP contribution in [0.5, 0.6) is 0 Å². The molecule has 90 valence electrons. The zero-order chi connectivity index (χ0) is 12.5. The van der Waals surface area contributed by atoms with Crippen molar-refractivity contribution in [2.75, 3.05) is 0 Å². The standard InChI is InChI=1S/C11H9FO4S/c12-7-1-3-8(4-2-7)17-11(10(14)15)6-5-9(13)16-11/h1-4H,5-6H2,(H,14,15). The lowest BCUT2D eigenvalue weighted by Crippen LogP contribution is -2.34. The Morgan fingerprint density at radius 2 is 2.06 bits per heavy atom. The van der Waals surface area contributed by atoms with Gasteiger partial charge in [0.15, 0.2) is 0 Å². The number of carboxylic acid groups (broad SMARTS) is 1. The van der Waals surface area contributed by atoms with Crippen LogP contribution in [-0.4, -0.2) is 22.0 Å². The first-order chi connectivity index (χ1) is 8.02. The quantitative estimate of drug-likeness (QED) is 0.838. The molecule has 1 aromatic rings. The van der Waals surface area contributed by atoms with Crippen molar-refractivity contribution in [2.45, 2.75) is 22.7 Å². The van der Waals surface area contributed by atoms with E-state index in [9.17, 15) is 14.0 Å². The second kappa shape index (κ2) is 4.37. The van der Waals surface area contributed by atoms with Crippen LogP contribution >= 0.6 is 11.8 Å². The van der Waals surface area contributed by atoms with E-state index in [2.05, 4.69) is 0 Å². The predicted molar refractivity (Wildman–Crippen MR) is 57.9 cm³/mol. The highest BCUT2D eigenvalue weighted by atomic mass is 32.2. The maximum Gasteiger partial charge on any atom is 0.359 e. The van der Waals surface area contributed by atoms with Crippen molar-refractivity contribution in [2.24, 2.45) is 0 Å². The number of cyclic esters (lactones) is 1. The number of carbonyl (C=O) groups excluding carboxylic acids is 1. The summed E-state index contributed by atoms with van der Waals surface area (Å²) < 4.78 is 17.6. The van der Waals surface area contributed by atoms with Gasteiger partial charge in [0.05, 0.1) is 6.42 Å². The molecule has 1 fully saturated rings. The van der Waals surface area contributed by atoms with Crippen molar-refractivity contribution >= 4 is 23.7 Å². The molecule has 0 aliphatic carbocycles. The zero-order valence-electron chi connectivity index (χ0n) is 8.68. The molecule has 0 aromatic heterocycles. The SMILES string of the molecule is O=C1CCC(Sc2ccc(F)cc2)(C(=O)O)O1. The van der Waals surface area contributed by atoms with E-state index in [4.69, 9.17) is 9.84 Å². The summed E-state index contributed by atoms with van der Waals surface area (Å²) in [5.41, 5.74) is 0. The van der Waals surface area contributed by atoms with Gasteiger partial charge in [0, 0.05) is 11.3 Å². The Balaban J connectivity index is 2.22. The molecule has 1 unspecified atom stereocenters. The van der Waals surface area contributed by atoms with Crippen LogP contribution in [0.1, 0.15) is 12.8 Å². The molecule has 1 heterocycles. The highest BCUT2D eigenvalue weighted by Crippen LogP contribution is 2.42. The van der Waals surface area contributed by atoms with Crippen molar-refractivity contribution in [3.05, 3.63) is 30.1 Å². The molecule has 1 atom stereocenters. The average molecular weight is 256 g/mol. The summed E-state index contributed by atoms with van der Waals surface area (Å²) >= 11 is 0.910. The summed E-state index contributed by atoms with van der Waals surface area (Å²) in [6, 6.07) is 5.37. The van der Waals surface area contributed by atoms with Crippen LogP contribution in [-0.2, 0) is 14.3 Å². The van der Waals surface area contributed by atoms with Crippen LogP contribution in [0.4, 0.5) is 4.39 Å². The lowest BCUT2D eigenvalue weighted by molar-refractivity contribution is -0.160. The largest absolute Gasteiger partial charge is 0.478 e. The maximum absolute atomic E-state index is 12.7. The number of rotatable bonds is 3. The molecule has 1 saturated heterocycles. The van der Waals surface area contributed by atoms with Gasteiger partial charge in [0.1, 0.15) is 5.82 Å². The Kier molecular flexibility index (Phi) is 3.06. The molecule has 0 spiro atoms. The minimum Gasteiger partial charge on any atom is -0.478 e. The number of ether oxygens (including phenoxy) is 1. The third-order valence-electron chi connectivity index (χ3n) is 2.36. The number of esters is 1. The van der Waals surface area contributed by atoms with Gasteiger partial charge in [-0.1, -0.05) is 11.8 Å². The molecule has 1 aliphatic rings. The third kappa shape index (κ3) is 2.41. The van der Waals surface area contributed by atoms with Gasteiger partial charge >= 0.3 is 11.9 Å². The molecule has 1 N–H and O–H groups in total. The predicted octanol–water partition coefficient (Wildman–Crippen LogP) is 2.04. The van der Waals surface area contributed by atoms with Crippen LogP contribution < -0.4 is 0 Å². The molecular formula is C11H9FO4S. The molecule has 1 aromatic carbocycles. The van der Waals surface area contributed by atoms with E-state index >= 15 is 0 Å². The Bertz CT molecular complexity index is 459.